The van der Waals surface area contributed by atoms with Gasteiger partial charge in [-0.1, -0.05) is 59.8 Å². The number of aromatic nitrogens is 1. The molecule has 3 aromatic rings. The first-order valence-corrected chi connectivity index (χ1v) is 8.91. The van der Waals surface area contributed by atoms with Crippen LogP contribution in [0.2, 0.25) is 0 Å². The zero-order valence-electron chi connectivity index (χ0n) is 15.5. The Hall–Kier alpha value is -2.88. The van der Waals surface area contributed by atoms with E-state index in [0.29, 0.717) is 12.8 Å². The van der Waals surface area contributed by atoms with Gasteiger partial charge >= 0.3 is 0 Å². The van der Waals surface area contributed by atoms with Crippen molar-refractivity contribution >= 4 is 5.91 Å². The molecule has 0 aliphatic carbocycles. The number of carbonyl (C=O) groups excluding carboxylic acids is 1. The summed E-state index contributed by atoms with van der Waals surface area (Å²) in [5.74, 6) is 0.824. The molecule has 1 aromatic heterocycles. The van der Waals surface area contributed by atoms with Gasteiger partial charge in [-0.05, 0) is 43.9 Å². The largest absolute Gasteiger partial charge is 0.361 e. The Bertz CT molecular complexity index is 847. The second kappa shape index (κ2) is 8.00. The molecule has 0 aliphatic rings. The van der Waals surface area contributed by atoms with Crippen molar-refractivity contribution in [3.63, 3.8) is 0 Å². The molecule has 4 heteroatoms. The molecule has 0 saturated carbocycles. The third-order valence-corrected chi connectivity index (χ3v) is 4.68. The molecule has 0 unspecified atom stereocenters. The second-order valence-corrected chi connectivity index (χ2v) is 6.58. The summed E-state index contributed by atoms with van der Waals surface area (Å²) in [4.78, 5) is 12.3. The van der Waals surface area contributed by atoms with E-state index >= 15 is 0 Å². The summed E-state index contributed by atoms with van der Waals surface area (Å²) < 4.78 is 5.14. The number of amides is 1. The van der Waals surface area contributed by atoms with Crippen molar-refractivity contribution in [2.75, 3.05) is 0 Å². The van der Waals surface area contributed by atoms with Crippen LogP contribution >= 0.6 is 0 Å². The summed E-state index contributed by atoms with van der Waals surface area (Å²) in [6, 6.07) is 18.6. The quantitative estimate of drug-likeness (QED) is 0.698. The molecule has 2 aromatic carbocycles. The van der Waals surface area contributed by atoms with Crippen LogP contribution in [0.3, 0.4) is 0 Å². The summed E-state index contributed by atoms with van der Waals surface area (Å²) in [6.07, 6.45) is 1.07. The van der Waals surface area contributed by atoms with Gasteiger partial charge in [0.05, 0.1) is 11.7 Å². The number of hydrogen-bond donors (Lipinski definition) is 1. The van der Waals surface area contributed by atoms with Crippen molar-refractivity contribution in [2.24, 2.45) is 0 Å². The highest BCUT2D eigenvalue weighted by Gasteiger charge is 2.13. The van der Waals surface area contributed by atoms with Gasteiger partial charge in [0.2, 0.25) is 5.91 Å². The molecular formula is C22H24N2O2. The second-order valence-electron chi connectivity index (χ2n) is 6.58. The topological polar surface area (TPSA) is 55.1 Å². The SMILES string of the molecule is Cc1noc(C)c1CCC(=O)N[C@@H](C)c1ccc(-c2ccccc2)cc1. The molecule has 0 bridgehead atoms. The molecule has 0 spiro atoms. The first-order valence-electron chi connectivity index (χ1n) is 8.91. The maximum atomic E-state index is 12.3. The molecule has 134 valence electrons. The Morgan fingerprint density at radius 3 is 2.31 bits per heavy atom. The van der Waals surface area contributed by atoms with Gasteiger partial charge in [-0.25, -0.2) is 0 Å². The van der Waals surface area contributed by atoms with Gasteiger partial charge in [-0.3, -0.25) is 4.79 Å². The standard InChI is InChI=1S/C22H24N2O2/c1-15(23-22(25)14-13-21-16(2)24-26-17(21)3)18-9-11-20(12-10-18)19-7-5-4-6-8-19/h4-12,15H,13-14H2,1-3H3,(H,23,25)/t15-/m0/s1. The molecule has 0 aliphatic heterocycles. The number of benzene rings is 2. The smallest absolute Gasteiger partial charge is 0.220 e. The van der Waals surface area contributed by atoms with Crippen molar-refractivity contribution < 1.29 is 9.32 Å². The van der Waals surface area contributed by atoms with Crippen LogP contribution in [-0.2, 0) is 11.2 Å². The average molecular weight is 348 g/mol. The van der Waals surface area contributed by atoms with E-state index in [-0.39, 0.29) is 11.9 Å². The van der Waals surface area contributed by atoms with E-state index in [2.05, 4.69) is 46.9 Å². The third kappa shape index (κ3) is 4.20. The van der Waals surface area contributed by atoms with Crippen LogP contribution in [0.15, 0.2) is 59.1 Å². The third-order valence-electron chi connectivity index (χ3n) is 4.68. The van der Waals surface area contributed by atoms with Gasteiger partial charge in [-0.2, -0.15) is 0 Å². The highest BCUT2D eigenvalue weighted by Crippen LogP contribution is 2.22. The van der Waals surface area contributed by atoms with Crippen LogP contribution in [0.1, 0.15) is 42.0 Å². The van der Waals surface area contributed by atoms with Crippen molar-refractivity contribution in [3.05, 3.63) is 77.2 Å². The van der Waals surface area contributed by atoms with E-state index in [1.54, 1.807) is 0 Å². The van der Waals surface area contributed by atoms with Crippen LogP contribution in [0, 0.1) is 13.8 Å². The Morgan fingerprint density at radius 1 is 1.04 bits per heavy atom. The van der Waals surface area contributed by atoms with E-state index in [9.17, 15) is 4.79 Å². The van der Waals surface area contributed by atoms with E-state index in [1.165, 1.54) is 11.1 Å². The van der Waals surface area contributed by atoms with Crippen LogP contribution in [0.4, 0.5) is 0 Å². The molecule has 0 radical (unpaired) electrons. The van der Waals surface area contributed by atoms with Crippen LogP contribution in [0.25, 0.3) is 11.1 Å². The molecule has 4 nitrogen and oxygen atoms in total. The molecule has 26 heavy (non-hydrogen) atoms. The van der Waals surface area contributed by atoms with Crippen molar-refractivity contribution in [1.29, 1.82) is 0 Å². The summed E-state index contributed by atoms with van der Waals surface area (Å²) in [6.45, 7) is 5.79. The minimum Gasteiger partial charge on any atom is -0.361 e. The van der Waals surface area contributed by atoms with Crippen LogP contribution in [0.5, 0.6) is 0 Å². The van der Waals surface area contributed by atoms with E-state index in [4.69, 9.17) is 4.52 Å². The lowest BCUT2D eigenvalue weighted by atomic mass is 10.0. The highest BCUT2D eigenvalue weighted by atomic mass is 16.5. The first kappa shape index (κ1) is 17.9. The highest BCUT2D eigenvalue weighted by molar-refractivity contribution is 5.76. The fraction of sp³-hybridized carbons (Fsp3) is 0.273. The van der Waals surface area contributed by atoms with Crippen LogP contribution in [-0.4, -0.2) is 11.1 Å². The summed E-state index contributed by atoms with van der Waals surface area (Å²) in [5, 5.41) is 7.00. The molecule has 1 amide bonds. The van der Waals surface area contributed by atoms with Crippen molar-refractivity contribution in [1.82, 2.24) is 10.5 Å². The van der Waals surface area contributed by atoms with Gasteiger partial charge in [0, 0.05) is 12.0 Å². The number of aryl methyl sites for hydroxylation is 2. The van der Waals surface area contributed by atoms with Crippen LogP contribution < -0.4 is 5.32 Å². The fourth-order valence-electron chi connectivity index (χ4n) is 3.09. The predicted octanol–water partition coefficient (Wildman–Crippen LogP) is 4.77. The maximum absolute atomic E-state index is 12.3. The Labute approximate surface area is 154 Å². The lowest BCUT2D eigenvalue weighted by molar-refractivity contribution is -0.121. The zero-order chi connectivity index (χ0) is 18.5. The number of carbonyl (C=O) groups is 1. The van der Waals surface area contributed by atoms with E-state index in [0.717, 1.165) is 22.6 Å². The lowest BCUT2D eigenvalue weighted by Crippen LogP contribution is -2.26. The Kier molecular flexibility index (Phi) is 5.52. The Balaban J connectivity index is 1.57. The molecule has 3 rings (SSSR count). The van der Waals surface area contributed by atoms with Gasteiger partial charge in [-0.15, -0.1) is 0 Å². The minimum atomic E-state index is -0.0306. The molecule has 0 fully saturated rings. The number of hydrogen-bond acceptors (Lipinski definition) is 3. The van der Waals surface area contributed by atoms with Crippen molar-refractivity contribution in [3.8, 4) is 11.1 Å². The number of nitrogens with zero attached hydrogens (tertiary/aromatic N) is 1. The van der Waals surface area contributed by atoms with Gasteiger partial charge in [0.15, 0.2) is 0 Å². The fourth-order valence-corrected chi connectivity index (χ4v) is 3.09. The Morgan fingerprint density at radius 2 is 1.69 bits per heavy atom. The molecule has 1 heterocycles. The molecule has 0 saturated heterocycles. The molecular weight excluding hydrogens is 324 g/mol. The average Bonchev–Trinajstić information content (AvgIpc) is 2.98. The summed E-state index contributed by atoms with van der Waals surface area (Å²) in [7, 11) is 0. The van der Waals surface area contributed by atoms with Gasteiger partial charge < -0.3 is 9.84 Å². The predicted molar refractivity (Wildman–Crippen MR) is 103 cm³/mol. The number of nitrogens with one attached hydrogen (secondary N) is 1. The monoisotopic (exact) mass is 348 g/mol. The maximum Gasteiger partial charge on any atom is 0.220 e. The van der Waals surface area contributed by atoms with E-state index in [1.807, 2.05) is 39.0 Å². The van der Waals surface area contributed by atoms with Gasteiger partial charge in [0.1, 0.15) is 5.76 Å². The molecule has 1 N–H and O–H groups in total. The number of rotatable bonds is 6. The minimum absolute atomic E-state index is 0.0306. The zero-order valence-corrected chi connectivity index (χ0v) is 15.5. The summed E-state index contributed by atoms with van der Waals surface area (Å²) >= 11 is 0. The van der Waals surface area contributed by atoms with E-state index < -0.39 is 0 Å². The van der Waals surface area contributed by atoms with Gasteiger partial charge in [0.25, 0.3) is 0 Å². The lowest BCUT2D eigenvalue weighted by Gasteiger charge is -2.15. The summed E-state index contributed by atoms with van der Waals surface area (Å²) in [5.41, 5.74) is 5.34. The normalized spacial score (nSPS) is 12.0. The van der Waals surface area contributed by atoms with Crippen molar-refractivity contribution in [2.45, 2.75) is 39.7 Å². The molecule has 1 atom stereocenters. The first-order chi connectivity index (χ1) is 12.5.